The van der Waals surface area contributed by atoms with E-state index in [2.05, 4.69) is 48.6 Å². The molecule has 0 spiro atoms. The van der Waals surface area contributed by atoms with Crippen molar-refractivity contribution < 1.29 is 9.90 Å². The standard InChI is InChI=1S/C32H26N4O2S/c1-2-20-8-13-28-29(15-20)39-30(36-28)19-27-18-26(14-21-6-4-3-5-7-21)34-32(35-27)33-25-12-11-22-16-24(31(37)38)10-9-23(22)17-25/h3-13,15-18H,2,14,19H2,1H3,(H,37,38)(H,33,34,35). The van der Waals surface area contributed by atoms with Crippen LogP contribution in [0.4, 0.5) is 11.6 Å². The van der Waals surface area contributed by atoms with Crippen LogP contribution in [-0.2, 0) is 19.3 Å². The normalized spacial score (nSPS) is 11.2. The van der Waals surface area contributed by atoms with Crippen LogP contribution in [0.1, 0.15) is 44.8 Å². The van der Waals surface area contributed by atoms with Gasteiger partial charge in [-0.15, -0.1) is 11.3 Å². The summed E-state index contributed by atoms with van der Waals surface area (Å²) in [5.74, 6) is -0.413. The Kier molecular flexibility index (Phi) is 6.73. The predicted octanol–water partition coefficient (Wildman–Crippen LogP) is 7.43. The van der Waals surface area contributed by atoms with E-state index in [-0.39, 0.29) is 5.56 Å². The molecule has 0 unspecified atom stereocenters. The number of thiazole rings is 1. The number of carboxylic acids is 1. The Morgan fingerprint density at radius 1 is 0.795 bits per heavy atom. The number of aryl methyl sites for hydroxylation is 1. The van der Waals surface area contributed by atoms with Crippen molar-refractivity contribution >= 4 is 49.9 Å². The summed E-state index contributed by atoms with van der Waals surface area (Å²) in [4.78, 5) is 25.9. The number of aromatic carboxylic acids is 1. The molecule has 2 aromatic heterocycles. The van der Waals surface area contributed by atoms with Gasteiger partial charge >= 0.3 is 5.97 Å². The van der Waals surface area contributed by atoms with Gasteiger partial charge in [-0.25, -0.2) is 19.7 Å². The van der Waals surface area contributed by atoms with Gasteiger partial charge in [-0.3, -0.25) is 0 Å². The third-order valence-electron chi connectivity index (χ3n) is 6.64. The lowest BCUT2D eigenvalue weighted by molar-refractivity contribution is 0.0697. The summed E-state index contributed by atoms with van der Waals surface area (Å²) < 4.78 is 1.20. The molecule has 2 N–H and O–H groups in total. The van der Waals surface area contributed by atoms with Crippen molar-refractivity contribution in [2.75, 3.05) is 5.32 Å². The van der Waals surface area contributed by atoms with Crippen LogP contribution < -0.4 is 5.32 Å². The predicted molar refractivity (Wildman–Crippen MR) is 157 cm³/mol. The highest BCUT2D eigenvalue weighted by atomic mass is 32.1. The molecule has 6 nitrogen and oxygen atoms in total. The van der Waals surface area contributed by atoms with Crippen molar-refractivity contribution in [3.8, 4) is 0 Å². The fourth-order valence-corrected chi connectivity index (χ4v) is 5.70. The minimum Gasteiger partial charge on any atom is -0.478 e. The fourth-order valence-electron chi connectivity index (χ4n) is 4.65. The fraction of sp³-hybridized carbons (Fsp3) is 0.125. The lowest BCUT2D eigenvalue weighted by Crippen LogP contribution is -2.05. The van der Waals surface area contributed by atoms with E-state index in [9.17, 15) is 9.90 Å². The summed E-state index contributed by atoms with van der Waals surface area (Å²) in [6.45, 7) is 2.16. The average Bonchev–Trinajstić information content (AvgIpc) is 3.34. The Bertz CT molecular complexity index is 1810. The van der Waals surface area contributed by atoms with Gasteiger partial charge in [0.1, 0.15) is 0 Å². The topological polar surface area (TPSA) is 88.0 Å². The molecular weight excluding hydrogens is 504 g/mol. The minimum atomic E-state index is -0.936. The van der Waals surface area contributed by atoms with Gasteiger partial charge < -0.3 is 10.4 Å². The molecule has 0 aliphatic carbocycles. The monoisotopic (exact) mass is 530 g/mol. The molecule has 0 fully saturated rings. The van der Waals surface area contributed by atoms with Gasteiger partial charge in [-0.1, -0.05) is 55.5 Å². The van der Waals surface area contributed by atoms with E-state index in [0.717, 1.165) is 44.8 Å². The number of rotatable bonds is 8. The number of hydrogen-bond donors (Lipinski definition) is 2. The molecule has 0 amide bonds. The number of nitrogens with zero attached hydrogens (tertiary/aromatic N) is 3. The molecule has 6 rings (SSSR count). The van der Waals surface area contributed by atoms with Crippen molar-refractivity contribution in [3.63, 3.8) is 0 Å². The number of nitrogens with one attached hydrogen (secondary N) is 1. The Morgan fingerprint density at radius 2 is 1.56 bits per heavy atom. The van der Waals surface area contributed by atoms with Crippen molar-refractivity contribution in [2.45, 2.75) is 26.2 Å². The van der Waals surface area contributed by atoms with E-state index in [1.807, 2.05) is 42.5 Å². The van der Waals surface area contributed by atoms with E-state index in [0.29, 0.717) is 18.8 Å². The average molecular weight is 531 g/mol. The molecule has 39 heavy (non-hydrogen) atoms. The first-order valence-electron chi connectivity index (χ1n) is 12.9. The molecule has 0 saturated heterocycles. The Hall–Kier alpha value is -4.62. The summed E-state index contributed by atoms with van der Waals surface area (Å²) in [6, 6.07) is 29.7. The Labute approximate surface area is 230 Å². The number of hydrogen-bond acceptors (Lipinski definition) is 6. The summed E-state index contributed by atoms with van der Waals surface area (Å²) in [7, 11) is 0. The van der Waals surface area contributed by atoms with Gasteiger partial charge in [0.2, 0.25) is 5.95 Å². The van der Waals surface area contributed by atoms with Crippen LogP contribution in [0.2, 0.25) is 0 Å². The number of fused-ring (bicyclic) bond motifs is 2. The van der Waals surface area contributed by atoms with Gasteiger partial charge in [-0.05, 0) is 70.8 Å². The summed E-state index contributed by atoms with van der Waals surface area (Å²) >= 11 is 1.71. The van der Waals surface area contributed by atoms with Crippen LogP contribution in [-0.4, -0.2) is 26.0 Å². The summed E-state index contributed by atoms with van der Waals surface area (Å²) in [6.07, 6.45) is 2.32. The highest BCUT2D eigenvalue weighted by molar-refractivity contribution is 7.18. The van der Waals surface area contributed by atoms with Crippen molar-refractivity contribution in [1.29, 1.82) is 0 Å². The second-order valence-corrected chi connectivity index (χ2v) is 10.6. The highest BCUT2D eigenvalue weighted by Gasteiger charge is 2.12. The molecular formula is C32H26N4O2S. The second kappa shape index (κ2) is 10.6. The molecule has 0 aliphatic heterocycles. The van der Waals surface area contributed by atoms with E-state index in [4.69, 9.17) is 15.0 Å². The van der Waals surface area contributed by atoms with E-state index >= 15 is 0 Å². The third-order valence-corrected chi connectivity index (χ3v) is 7.66. The van der Waals surface area contributed by atoms with Crippen LogP contribution >= 0.6 is 11.3 Å². The lowest BCUT2D eigenvalue weighted by Gasteiger charge is -2.11. The van der Waals surface area contributed by atoms with Crippen molar-refractivity contribution in [2.24, 2.45) is 0 Å². The maximum Gasteiger partial charge on any atom is 0.335 e. The first kappa shape index (κ1) is 24.7. The van der Waals surface area contributed by atoms with E-state index in [1.165, 1.54) is 15.8 Å². The lowest BCUT2D eigenvalue weighted by atomic mass is 10.1. The van der Waals surface area contributed by atoms with Crippen LogP contribution in [0.15, 0.2) is 91.0 Å². The van der Waals surface area contributed by atoms with Crippen LogP contribution in [0.25, 0.3) is 21.0 Å². The van der Waals surface area contributed by atoms with Gasteiger partial charge in [0.15, 0.2) is 0 Å². The molecule has 7 heteroatoms. The zero-order valence-corrected chi connectivity index (χ0v) is 22.2. The Balaban J connectivity index is 1.32. The van der Waals surface area contributed by atoms with Crippen LogP contribution in [0, 0.1) is 0 Å². The Morgan fingerprint density at radius 3 is 2.36 bits per heavy atom. The molecule has 6 aromatic rings. The SMILES string of the molecule is CCc1ccc2nc(Cc3cc(Cc4ccccc4)nc(Nc4ccc5cc(C(=O)O)ccc5c4)n3)sc2c1. The zero-order valence-electron chi connectivity index (χ0n) is 21.4. The number of aromatic nitrogens is 3. The first-order chi connectivity index (χ1) is 19.0. The number of carboxylic acid groups (broad SMARTS) is 1. The number of anilines is 2. The highest BCUT2D eigenvalue weighted by Crippen LogP contribution is 2.27. The van der Waals surface area contributed by atoms with E-state index in [1.54, 1.807) is 23.5 Å². The van der Waals surface area contributed by atoms with Crippen LogP contribution in [0.5, 0.6) is 0 Å². The molecule has 0 saturated carbocycles. The maximum atomic E-state index is 11.3. The first-order valence-corrected chi connectivity index (χ1v) is 13.7. The second-order valence-electron chi connectivity index (χ2n) is 9.48. The molecule has 0 atom stereocenters. The molecule has 0 aliphatic rings. The van der Waals surface area contributed by atoms with Gasteiger partial charge in [0.05, 0.1) is 32.2 Å². The minimum absolute atomic E-state index is 0.269. The van der Waals surface area contributed by atoms with Crippen LogP contribution in [0.3, 0.4) is 0 Å². The van der Waals surface area contributed by atoms with Gasteiger partial charge in [0.25, 0.3) is 0 Å². The molecule has 192 valence electrons. The largest absolute Gasteiger partial charge is 0.478 e. The quantitative estimate of drug-likeness (QED) is 0.213. The van der Waals surface area contributed by atoms with Gasteiger partial charge in [0, 0.05) is 18.5 Å². The molecule has 0 radical (unpaired) electrons. The smallest absolute Gasteiger partial charge is 0.335 e. The van der Waals surface area contributed by atoms with E-state index < -0.39 is 5.97 Å². The molecule has 0 bridgehead atoms. The zero-order chi connectivity index (χ0) is 26.8. The third kappa shape index (κ3) is 5.63. The van der Waals surface area contributed by atoms with Crippen molar-refractivity contribution in [1.82, 2.24) is 15.0 Å². The number of carbonyl (C=O) groups is 1. The number of benzene rings is 4. The summed E-state index contributed by atoms with van der Waals surface area (Å²) in [5.41, 5.74) is 6.44. The summed E-state index contributed by atoms with van der Waals surface area (Å²) in [5, 5.41) is 15.5. The van der Waals surface area contributed by atoms with Gasteiger partial charge in [-0.2, -0.15) is 0 Å². The molecule has 4 aromatic carbocycles. The molecule has 2 heterocycles. The maximum absolute atomic E-state index is 11.3. The van der Waals surface area contributed by atoms with Crippen molar-refractivity contribution in [3.05, 3.63) is 124 Å².